The van der Waals surface area contributed by atoms with Crippen LogP contribution >= 0.6 is 11.8 Å². The third-order valence-corrected chi connectivity index (χ3v) is 4.33. The van der Waals surface area contributed by atoms with Gasteiger partial charge in [-0.3, -0.25) is 4.79 Å². The zero-order valence-corrected chi connectivity index (χ0v) is 13.3. The normalized spacial score (nSPS) is 15.0. The number of hydrogen-bond acceptors (Lipinski definition) is 3. The highest BCUT2D eigenvalue weighted by atomic mass is 32.2. The molecule has 1 aromatic rings. The first-order valence-corrected chi connectivity index (χ1v) is 7.50. The Morgan fingerprint density at radius 3 is 2.32 bits per heavy atom. The predicted octanol–water partition coefficient (Wildman–Crippen LogP) is 4.19. The van der Waals surface area contributed by atoms with Crippen LogP contribution in [0, 0.1) is 5.41 Å². The Labute approximate surface area is 120 Å². The number of methoxy groups -OCH3 is 1. The monoisotopic (exact) mass is 280 g/mol. The maximum atomic E-state index is 12.1. The van der Waals surface area contributed by atoms with Gasteiger partial charge in [-0.15, -0.1) is 11.8 Å². The SMILES string of the molecule is CO[C@@H](CC(=O)C(C)(C)C)[C@@H](C)Sc1ccccc1. The van der Waals surface area contributed by atoms with E-state index < -0.39 is 0 Å². The molecule has 19 heavy (non-hydrogen) atoms. The average Bonchev–Trinajstić information content (AvgIpc) is 2.35. The van der Waals surface area contributed by atoms with Crippen LogP contribution in [0.3, 0.4) is 0 Å². The molecular weight excluding hydrogens is 256 g/mol. The number of rotatable bonds is 6. The van der Waals surface area contributed by atoms with E-state index in [2.05, 4.69) is 19.1 Å². The topological polar surface area (TPSA) is 26.3 Å². The van der Waals surface area contributed by atoms with Crippen molar-refractivity contribution >= 4 is 17.5 Å². The summed E-state index contributed by atoms with van der Waals surface area (Å²) in [6.45, 7) is 7.98. The van der Waals surface area contributed by atoms with Crippen LogP contribution in [-0.2, 0) is 9.53 Å². The van der Waals surface area contributed by atoms with Gasteiger partial charge in [-0.2, -0.15) is 0 Å². The van der Waals surface area contributed by atoms with Crippen LogP contribution in [0.15, 0.2) is 35.2 Å². The summed E-state index contributed by atoms with van der Waals surface area (Å²) in [5, 5.41) is 0.249. The molecule has 0 spiro atoms. The summed E-state index contributed by atoms with van der Waals surface area (Å²) >= 11 is 1.75. The van der Waals surface area contributed by atoms with Gasteiger partial charge in [0.1, 0.15) is 5.78 Å². The standard InChI is InChI=1S/C16H24O2S/c1-12(19-13-9-7-6-8-10-13)14(18-5)11-15(17)16(2,3)4/h6-10,12,14H,11H2,1-5H3/t12-,14+/m1/s1. The lowest BCUT2D eigenvalue weighted by Crippen LogP contribution is -2.31. The second kappa shape index (κ2) is 7.11. The van der Waals surface area contributed by atoms with Crippen molar-refractivity contribution < 1.29 is 9.53 Å². The first kappa shape index (κ1) is 16.3. The minimum atomic E-state index is -0.298. The Balaban J connectivity index is 2.62. The third kappa shape index (κ3) is 5.37. The van der Waals surface area contributed by atoms with Crippen LogP contribution in [0.25, 0.3) is 0 Å². The molecule has 1 aromatic carbocycles. The van der Waals surface area contributed by atoms with Crippen LogP contribution in [0.4, 0.5) is 0 Å². The van der Waals surface area contributed by atoms with E-state index in [0.29, 0.717) is 6.42 Å². The molecule has 0 amide bonds. The zero-order chi connectivity index (χ0) is 14.5. The smallest absolute Gasteiger partial charge is 0.140 e. The van der Waals surface area contributed by atoms with Crippen LogP contribution in [0.2, 0.25) is 0 Å². The van der Waals surface area contributed by atoms with Crippen molar-refractivity contribution in [2.75, 3.05) is 7.11 Å². The van der Waals surface area contributed by atoms with Crippen molar-refractivity contribution in [1.29, 1.82) is 0 Å². The fourth-order valence-corrected chi connectivity index (χ4v) is 2.82. The Hall–Kier alpha value is -0.800. The summed E-state index contributed by atoms with van der Waals surface area (Å²) in [6, 6.07) is 10.2. The molecule has 0 aliphatic rings. The molecule has 2 nitrogen and oxygen atoms in total. The van der Waals surface area contributed by atoms with Crippen molar-refractivity contribution in [2.45, 2.75) is 50.4 Å². The number of ether oxygens (including phenoxy) is 1. The first-order valence-electron chi connectivity index (χ1n) is 6.62. The zero-order valence-electron chi connectivity index (χ0n) is 12.5. The quantitative estimate of drug-likeness (QED) is 0.731. The Morgan fingerprint density at radius 2 is 1.84 bits per heavy atom. The molecule has 0 aliphatic heterocycles. The minimum absolute atomic E-state index is 0.0445. The van der Waals surface area contributed by atoms with E-state index in [4.69, 9.17) is 4.74 Å². The van der Waals surface area contributed by atoms with Gasteiger partial charge in [0.15, 0.2) is 0 Å². The molecule has 2 atom stereocenters. The maximum absolute atomic E-state index is 12.1. The largest absolute Gasteiger partial charge is 0.380 e. The van der Waals surface area contributed by atoms with E-state index in [1.54, 1.807) is 18.9 Å². The highest BCUT2D eigenvalue weighted by molar-refractivity contribution is 8.00. The summed E-state index contributed by atoms with van der Waals surface area (Å²) in [6.07, 6.45) is 0.429. The molecule has 0 fully saturated rings. The first-order chi connectivity index (χ1) is 8.84. The summed E-state index contributed by atoms with van der Waals surface area (Å²) in [4.78, 5) is 13.3. The van der Waals surface area contributed by atoms with Crippen LogP contribution < -0.4 is 0 Å². The number of thioether (sulfide) groups is 1. The molecule has 0 radical (unpaired) electrons. The second-order valence-corrected chi connectivity index (χ2v) is 7.24. The molecule has 0 N–H and O–H groups in total. The van der Waals surface area contributed by atoms with Crippen molar-refractivity contribution in [1.82, 2.24) is 0 Å². The van der Waals surface area contributed by atoms with E-state index in [0.717, 1.165) is 0 Å². The van der Waals surface area contributed by atoms with Gasteiger partial charge in [0, 0.05) is 29.1 Å². The fraction of sp³-hybridized carbons (Fsp3) is 0.562. The molecule has 0 aliphatic carbocycles. The Kier molecular flexibility index (Phi) is 6.08. The number of carbonyl (C=O) groups excluding carboxylic acids is 1. The van der Waals surface area contributed by atoms with E-state index in [1.807, 2.05) is 39.0 Å². The van der Waals surface area contributed by atoms with Gasteiger partial charge in [0.05, 0.1) is 6.10 Å². The van der Waals surface area contributed by atoms with Gasteiger partial charge in [0.25, 0.3) is 0 Å². The molecule has 0 saturated carbocycles. The third-order valence-electron chi connectivity index (χ3n) is 3.11. The number of hydrogen-bond donors (Lipinski definition) is 0. The Morgan fingerprint density at radius 1 is 1.26 bits per heavy atom. The molecule has 0 heterocycles. The highest BCUT2D eigenvalue weighted by Gasteiger charge is 2.27. The highest BCUT2D eigenvalue weighted by Crippen LogP contribution is 2.29. The Bertz CT molecular complexity index is 395. The van der Waals surface area contributed by atoms with E-state index >= 15 is 0 Å². The van der Waals surface area contributed by atoms with Crippen LogP contribution in [0.5, 0.6) is 0 Å². The second-order valence-electron chi connectivity index (χ2n) is 5.79. The van der Waals surface area contributed by atoms with E-state index in [1.165, 1.54) is 4.90 Å². The summed E-state index contributed by atoms with van der Waals surface area (Å²) in [5.41, 5.74) is -0.298. The molecule has 0 aromatic heterocycles. The van der Waals surface area contributed by atoms with Crippen LogP contribution in [0.1, 0.15) is 34.1 Å². The van der Waals surface area contributed by atoms with Crippen molar-refractivity contribution in [3.8, 4) is 0 Å². The van der Waals surface area contributed by atoms with Crippen molar-refractivity contribution in [2.24, 2.45) is 5.41 Å². The van der Waals surface area contributed by atoms with Crippen LogP contribution in [-0.4, -0.2) is 24.2 Å². The molecule has 0 bridgehead atoms. The van der Waals surface area contributed by atoms with Gasteiger partial charge in [-0.25, -0.2) is 0 Å². The number of Topliss-reactive ketones (excluding diaryl/α,β-unsaturated/α-hetero) is 1. The number of benzene rings is 1. The van der Waals surface area contributed by atoms with Gasteiger partial charge in [-0.1, -0.05) is 45.9 Å². The summed E-state index contributed by atoms with van der Waals surface area (Å²) in [5.74, 6) is 0.250. The molecule has 3 heteroatoms. The van der Waals surface area contributed by atoms with Crippen molar-refractivity contribution in [3.63, 3.8) is 0 Å². The molecular formula is C16H24O2S. The maximum Gasteiger partial charge on any atom is 0.140 e. The molecule has 1 rings (SSSR count). The molecule has 106 valence electrons. The predicted molar refractivity (Wildman–Crippen MR) is 81.6 cm³/mol. The van der Waals surface area contributed by atoms with E-state index in [-0.39, 0.29) is 22.6 Å². The minimum Gasteiger partial charge on any atom is -0.380 e. The fourth-order valence-electron chi connectivity index (χ4n) is 1.72. The lowest BCUT2D eigenvalue weighted by Gasteiger charge is -2.25. The number of carbonyl (C=O) groups is 1. The summed E-state index contributed by atoms with van der Waals surface area (Å²) < 4.78 is 5.51. The van der Waals surface area contributed by atoms with Gasteiger partial charge < -0.3 is 4.74 Å². The van der Waals surface area contributed by atoms with Gasteiger partial charge in [-0.05, 0) is 12.1 Å². The molecule has 0 unspecified atom stereocenters. The lowest BCUT2D eigenvalue weighted by atomic mass is 9.87. The van der Waals surface area contributed by atoms with Crippen molar-refractivity contribution in [3.05, 3.63) is 30.3 Å². The lowest BCUT2D eigenvalue weighted by molar-refractivity contribution is -0.128. The van der Waals surface area contributed by atoms with Gasteiger partial charge in [0.2, 0.25) is 0 Å². The van der Waals surface area contributed by atoms with E-state index in [9.17, 15) is 4.79 Å². The van der Waals surface area contributed by atoms with Gasteiger partial charge >= 0.3 is 0 Å². The molecule has 0 saturated heterocycles. The average molecular weight is 280 g/mol. The summed E-state index contributed by atoms with van der Waals surface area (Å²) in [7, 11) is 1.68. The number of ketones is 1.